The van der Waals surface area contributed by atoms with E-state index in [1.54, 1.807) is 12.4 Å². The van der Waals surface area contributed by atoms with E-state index in [9.17, 15) is 4.79 Å². The number of carbonyl (C=O) groups excluding carboxylic acids is 1. The third kappa shape index (κ3) is 4.28. The Morgan fingerprint density at radius 3 is 2.89 bits per heavy atom. The van der Waals surface area contributed by atoms with E-state index in [1.807, 2.05) is 18.2 Å². The maximum absolute atomic E-state index is 11.7. The number of oxazole rings is 1. The Kier molecular flexibility index (Phi) is 5.27. The minimum Gasteiger partial charge on any atom is -0.439 e. The van der Waals surface area contributed by atoms with Gasteiger partial charge in [0.2, 0.25) is 5.89 Å². The maximum Gasteiger partial charge on any atom is 0.202 e. The predicted molar refractivity (Wildman–Crippen MR) is 76.1 cm³/mol. The van der Waals surface area contributed by atoms with Crippen molar-refractivity contribution >= 4 is 21.7 Å². The van der Waals surface area contributed by atoms with Crippen LogP contribution in [-0.4, -0.2) is 21.1 Å². The zero-order valence-corrected chi connectivity index (χ0v) is 12.1. The Labute approximate surface area is 120 Å². The fraction of sp³-hybridized carbons (Fsp3) is 0.357. The molecule has 100 valence electrons. The van der Waals surface area contributed by atoms with Crippen molar-refractivity contribution in [3.8, 4) is 11.5 Å². The van der Waals surface area contributed by atoms with Gasteiger partial charge in [-0.1, -0.05) is 22.0 Å². The smallest absolute Gasteiger partial charge is 0.202 e. The summed E-state index contributed by atoms with van der Waals surface area (Å²) in [5.74, 6) is 1.23. The summed E-state index contributed by atoms with van der Waals surface area (Å²) < 4.78 is 5.54. The lowest BCUT2D eigenvalue weighted by molar-refractivity contribution is -0.118. The van der Waals surface area contributed by atoms with E-state index in [0.29, 0.717) is 18.1 Å². The molecule has 2 heterocycles. The van der Waals surface area contributed by atoms with Gasteiger partial charge in [-0.25, -0.2) is 4.98 Å². The topological polar surface area (TPSA) is 56.0 Å². The van der Waals surface area contributed by atoms with Crippen LogP contribution in [0.1, 0.15) is 25.2 Å². The molecule has 0 saturated carbocycles. The number of unbranched alkanes of at least 4 members (excludes halogenated alkanes) is 1. The Morgan fingerprint density at radius 1 is 1.26 bits per heavy atom. The highest BCUT2D eigenvalue weighted by Gasteiger charge is 2.11. The first-order chi connectivity index (χ1) is 9.29. The van der Waals surface area contributed by atoms with E-state index in [0.717, 1.165) is 23.9 Å². The van der Waals surface area contributed by atoms with Crippen molar-refractivity contribution in [1.29, 1.82) is 0 Å². The van der Waals surface area contributed by atoms with Crippen molar-refractivity contribution < 1.29 is 9.21 Å². The minimum atomic E-state index is 0.162. The van der Waals surface area contributed by atoms with Crippen LogP contribution in [0.15, 0.2) is 35.0 Å². The number of halogens is 1. The van der Waals surface area contributed by atoms with Crippen LogP contribution in [0.25, 0.3) is 11.5 Å². The van der Waals surface area contributed by atoms with Gasteiger partial charge >= 0.3 is 0 Å². The van der Waals surface area contributed by atoms with Gasteiger partial charge in [0.05, 0.1) is 12.6 Å². The minimum absolute atomic E-state index is 0.162. The normalized spacial score (nSPS) is 10.6. The second-order valence-corrected chi connectivity index (χ2v) is 4.99. The summed E-state index contributed by atoms with van der Waals surface area (Å²) in [6.45, 7) is 0. The zero-order chi connectivity index (χ0) is 13.5. The van der Waals surface area contributed by atoms with Crippen LogP contribution in [0.5, 0.6) is 0 Å². The van der Waals surface area contributed by atoms with Crippen LogP contribution in [0.2, 0.25) is 0 Å². The van der Waals surface area contributed by atoms with Crippen molar-refractivity contribution in [2.24, 2.45) is 0 Å². The average Bonchev–Trinajstić information content (AvgIpc) is 2.88. The molecular formula is C14H15BrN2O2. The highest BCUT2D eigenvalue weighted by Crippen LogP contribution is 2.18. The van der Waals surface area contributed by atoms with Gasteiger partial charge in [0.15, 0.2) is 5.76 Å². The van der Waals surface area contributed by atoms with E-state index < -0.39 is 0 Å². The third-order valence-corrected chi connectivity index (χ3v) is 3.22. The van der Waals surface area contributed by atoms with Crippen LogP contribution in [0.3, 0.4) is 0 Å². The summed E-state index contributed by atoms with van der Waals surface area (Å²) in [6, 6.07) is 5.58. The molecule has 19 heavy (non-hydrogen) atoms. The highest BCUT2D eigenvalue weighted by atomic mass is 79.9. The molecule has 0 N–H and O–H groups in total. The highest BCUT2D eigenvalue weighted by molar-refractivity contribution is 9.09. The summed E-state index contributed by atoms with van der Waals surface area (Å²) in [6.07, 6.45) is 6.06. The van der Waals surface area contributed by atoms with Gasteiger partial charge in [0, 0.05) is 17.9 Å². The second-order valence-electron chi connectivity index (χ2n) is 4.19. The number of ketones is 1. The van der Waals surface area contributed by atoms with Gasteiger partial charge < -0.3 is 4.42 Å². The molecule has 0 aliphatic rings. The number of hydrogen-bond donors (Lipinski definition) is 0. The Bertz CT molecular complexity index is 525. The van der Waals surface area contributed by atoms with Crippen LogP contribution in [0, 0.1) is 0 Å². The summed E-state index contributed by atoms with van der Waals surface area (Å²) in [5.41, 5.74) is 0.730. The SMILES string of the molecule is O=C(CCCCBr)Cc1ncc(-c2ccccn2)o1. The molecule has 0 radical (unpaired) electrons. The number of carbonyl (C=O) groups is 1. The van der Waals surface area contributed by atoms with E-state index in [2.05, 4.69) is 25.9 Å². The number of rotatable bonds is 7. The molecule has 0 saturated heterocycles. The number of aromatic nitrogens is 2. The second kappa shape index (κ2) is 7.19. The lowest BCUT2D eigenvalue weighted by atomic mass is 10.1. The molecular weight excluding hydrogens is 308 g/mol. The summed E-state index contributed by atoms with van der Waals surface area (Å²) in [5, 5.41) is 0.934. The molecule has 4 nitrogen and oxygen atoms in total. The summed E-state index contributed by atoms with van der Waals surface area (Å²) in [4.78, 5) is 20.0. The van der Waals surface area contributed by atoms with Crippen molar-refractivity contribution in [1.82, 2.24) is 9.97 Å². The fourth-order valence-corrected chi connectivity index (χ4v) is 2.09. The van der Waals surface area contributed by atoms with Gasteiger partial charge in [-0.3, -0.25) is 9.78 Å². The summed E-state index contributed by atoms with van der Waals surface area (Å²) in [7, 11) is 0. The predicted octanol–water partition coefficient (Wildman–Crippen LogP) is 3.41. The quantitative estimate of drug-likeness (QED) is 0.579. The zero-order valence-electron chi connectivity index (χ0n) is 10.5. The number of hydrogen-bond acceptors (Lipinski definition) is 4. The lowest BCUT2D eigenvalue weighted by Gasteiger charge is -1.97. The molecule has 2 aromatic rings. The van der Waals surface area contributed by atoms with Gasteiger partial charge in [0.1, 0.15) is 11.5 Å². The largest absolute Gasteiger partial charge is 0.439 e. The Balaban J connectivity index is 1.93. The molecule has 0 aromatic carbocycles. The Morgan fingerprint density at radius 2 is 2.16 bits per heavy atom. The molecule has 2 aromatic heterocycles. The van der Waals surface area contributed by atoms with E-state index in [1.165, 1.54) is 0 Å². The molecule has 0 aliphatic carbocycles. The number of Topliss-reactive ketones (excluding diaryl/α,β-unsaturated/α-hetero) is 1. The van der Waals surface area contributed by atoms with E-state index >= 15 is 0 Å². The monoisotopic (exact) mass is 322 g/mol. The van der Waals surface area contributed by atoms with Gasteiger partial charge in [-0.2, -0.15) is 0 Å². The molecule has 0 fully saturated rings. The van der Waals surface area contributed by atoms with Gasteiger partial charge in [0.25, 0.3) is 0 Å². The number of alkyl halides is 1. The van der Waals surface area contributed by atoms with Crippen molar-refractivity contribution in [3.05, 3.63) is 36.5 Å². The van der Waals surface area contributed by atoms with Crippen molar-refractivity contribution in [2.75, 3.05) is 5.33 Å². The molecule has 0 unspecified atom stereocenters. The Hall–Kier alpha value is -1.49. The number of pyridine rings is 1. The van der Waals surface area contributed by atoms with E-state index in [4.69, 9.17) is 4.42 Å². The maximum atomic E-state index is 11.7. The van der Waals surface area contributed by atoms with Crippen LogP contribution >= 0.6 is 15.9 Å². The molecule has 2 rings (SSSR count). The average molecular weight is 323 g/mol. The first kappa shape index (κ1) is 13.9. The summed E-state index contributed by atoms with van der Waals surface area (Å²) >= 11 is 3.35. The first-order valence-electron chi connectivity index (χ1n) is 6.23. The van der Waals surface area contributed by atoms with Crippen LogP contribution in [-0.2, 0) is 11.2 Å². The first-order valence-corrected chi connectivity index (χ1v) is 7.35. The molecule has 0 amide bonds. The molecule has 5 heteroatoms. The van der Waals surface area contributed by atoms with Crippen molar-refractivity contribution in [2.45, 2.75) is 25.7 Å². The van der Waals surface area contributed by atoms with E-state index in [-0.39, 0.29) is 12.2 Å². The molecule has 0 bridgehead atoms. The third-order valence-electron chi connectivity index (χ3n) is 2.66. The molecule has 0 atom stereocenters. The fourth-order valence-electron chi connectivity index (χ4n) is 1.69. The molecule has 0 aliphatic heterocycles. The van der Waals surface area contributed by atoms with Gasteiger partial charge in [-0.15, -0.1) is 0 Å². The number of nitrogens with zero attached hydrogens (tertiary/aromatic N) is 2. The van der Waals surface area contributed by atoms with Crippen molar-refractivity contribution in [3.63, 3.8) is 0 Å². The molecule has 0 spiro atoms. The lowest BCUT2D eigenvalue weighted by Crippen LogP contribution is -2.02. The van der Waals surface area contributed by atoms with Crippen LogP contribution < -0.4 is 0 Å². The van der Waals surface area contributed by atoms with Crippen LogP contribution in [0.4, 0.5) is 0 Å². The standard InChI is InChI=1S/C14H15BrN2O2/c15-7-3-1-5-11(18)9-14-17-10-13(19-14)12-6-2-4-8-16-12/h2,4,6,8,10H,1,3,5,7,9H2. The van der Waals surface area contributed by atoms with Gasteiger partial charge in [-0.05, 0) is 25.0 Å².